The molecule has 6 heteroatoms. The molecular formula is C15H21N5O. The zero-order valence-corrected chi connectivity index (χ0v) is 12.2. The SMILES string of the molecule is c1cc2nc([C@H]3CCCNC3)nn2cc1N1CCOCC1. The highest BCUT2D eigenvalue weighted by Gasteiger charge is 2.20. The van der Waals surface area contributed by atoms with E-state index in [1.54, 1.807) is 0 Å². The maximum Gasteiger partial charge on any atom is 0.156 e. The third kappa shape index (κ3) is 2.61. The quantitative estimate of drug-likeness (QED) is 0.894. The lowest BCUT2D eigenvalue weighted by molar-refractivity contribution is 0.122. The van der Waals surface area contributed by atoms with Gasteiger partial charge in [0.2, 0.25) is 0 Å². The topological polar surface area (TPSA) is 54.7 Å². The van der Waals surface area contributed by atoms with Crippen molar-refractivity contribution in [3.05, 3.63) is 24.2 Å². The molecule has 0 bridgehead atoms. The number of nitrogens with one attached hydrogen (secondary N) is 1. The van der Waals surface area contributed by atoms with Crippen LogP contribution in [0, 0.1) is 0 Å². The number of hydrogen-bond donors (Lipinski definition) is 1. The van der Waals surface area contributed by atoms with Gasteiger partial charge in [-0.15, -0.1) is 0 Å². The van der Waals surface area contributed by atoms with Crippen LogP contribution in [0.15, 0.2) is 18.3 Å². The standard InChI is InChI=1S/C15H21N5O/c1-2-12(10-16-5-1)15-17-14-4-3-13(11-20(14)18-15)19-6-8-21-9-7-19/h3-4,11-12,16H,1-2,5-10H2/t12-/m0/s1. The molecular weight excluding hydrogens is 266 g/mol. The van der Waals surface area contributed by atoms with Gasteiger partial charge in [0.25, 0.3) is 0 Å². The Hall–Kier alpha value is -1.66. The fourth-order valence-corrected chi connectivity index (χ4v) is 3.14. The van der Waals surface area contributed by atoms with Gasteiger partial charge >= 0.3 is 0 Å². The smallest absolute Gasteiger partial charge is 0.156 e. The Kier molecular flexibility index (Phi) is 3.48. The molecule has 0 spiro atoms. The molecule has 2 aliphatic heterocycles. The Morgan fingerprint density at radius 3 is 2.95 bits per heavy atom. The monoisotopic (exact) mass is 287 g/mol. The summed E-state index contributed by atoms with van der Waals surface area (Å²) in [7, 11) is 0. The van der Waals surface area contributed by atoms with Crippen molar-refractivity contribution < 1.29 is 4.74 Å². The van der Waals surface area contributed by atoms with E-state index in [-0.39, 0.29) is 0 Å². The maximum atomic E-state index is 5.41. The van der Waals surface area contributed by atoms with Gasteiger partial charge in [0.05, 0.1) is 25.1 Å². The molecule has 0 amide bonds. The van der Waals surface area contributed by atoms with Crippen LogP contribution >= 0.6 is 0 Å². The highest BCUT2D eigenvalue weighted by atomic mass is 16.5. The summed E-state index contributed by atoms with van der Waals surface area (Å²) in [5.41, 5.74) is 2.14. The van der Waals surface area contributed by atoms with Crippen LogP contribution in [0.1, 0.15) is 24.6 Å². The van der Waals surface area contributed by atoms with E-state index in [1.165, 1.54) is 18.5 Å². The number of fused-ring (bicyclic) bond motifs is 1. The number of nitrogens with zero attached hydrogens (tertiary/aromatic N) is 4. The van der Waals surface area contributed by atoms with E-state index >= 15 is 0 Å². The fourth-order valence-electron chi connectivity index (χ4n) is 3.14. The van der Waals surface area contributed by atoms with Gasteiger partial charge in [-0.3, -0.25) is 0 Å². The molecule has 2 saturated heterocycles. The molecule has 0 aliphatic carbocycles. The zero-order valence-electron chi connectivity index (χ0n) is 12.2. The largest absolute Gasteiger partial charge is 0.378 e. The number of rotatable bonds is 2. The van der Waals surface area contributed by atoms with Crippen molar-refractivity contribution in [2.45, 2.75) is 18.8 Å². The predicted octanol–water partition coefficient (Wildman–Crippen LogP) is 1.03. The van der Waals surface area contributed by atoms with Crippen LogP contribution in [0.2, 0.25) is 0 Å². The molecule has 0 aromatic carbocycles. The zero-order chi connectivity index (χ0) is 14.1. The molecule has 2 aromatic rings. The van der Waals surface area contributed by atoms with Gasteiger partial charge in [-0.2, -0.15) is 5.10 Å². The van der Waals surface area contributed by atoms with Crippen LogP contribution in [0.25, 0.3) is 5.65 Å². The van der Waals surface area contributed by atoms with Crippen molar-refractivity contribution in [1.82, 2.24) is 19.9 Å². The summed E-state index contributed by atoms with van der Waals surface area (Å²) in [4.78, 5) is 7.03. The van der Waals surface area contributed by atoms with Gasteiger partial charge in [-0.25, -0.2) is 9.50 Å². The molecule has 112 valence electrons. The summed E-state index contributed by atoms with van der Waals surface area (Å²) in [6.07, 6.45) is 4.48. The summed E-state index contributed by atoms with van der Waals surface area (Å²) in [5, 5.41) is 8.13. The highest BCUT2D eigenvalue weighted by molar-refractivity contribution is 5.51. The molecule has 2 fully saturated rings. The Morgan fingerprint density at radius 1 is 1.24 bits per heavy atom. The molecule has 2 aliphatic rings. The van der Waals surface area contributed by atoms with Gasteiger partial charge in [-0.05, 0) is 31.5 Å². The van der Waals surface area contributed by atoms with E-state index in [0.717, 1.165) is 50.9 Å². The number of hydrogen-bond acceptors (Lipinski definition) is 5. The first-order valence-electron chi connectivity index (χ1n) is 7.80. The lowest BCUT2D eigenvalue weighted by Gasteiger charge is -2.28. The lowest BCUT2D eigenvalue weighted by Crippen LogP contribution is -2.36. The van der Waals surface area contributed by atoms with Crippen LogP contribution in [0.3, 0.4) is 0 Å². The summed E-state index contributed by atoms with van der Waals surface area (Å²) in [6, 6.07) is 4.20. The average Bonchev–Trinajstić information content (AvgIpc) is 2.99. The highest BCUT2D eigenvalue weighted by Crippen LogP contribution is 2.22. The molecule has 0 saturated carbocycles. The number of piperidine rings is 1. The number of pyridine rings is 1. The molecule has 6 nitrogen and oxygen atoms in total. The average molecular weight is 287 g/mol. The van der Waals surface area contributed by atoms with Crippen LogP contribution < -0.4 is 10.2 Å². The van der Waals surface area contributed by atoms with Gasteiger partial charge in [0, 0.05) is 25.6 Å². The molecule has 1 N–H and O–H groups in total. The minimum Gasteiger partial charge on any atom is -0.378 e. The first-order valence-corrected chi connectivity index (χ1v) is 7.80. The van der Waals surface area contributed by atoms with Crippen molar-refractivity contribution in [1.29, 1.82) is 0 Å². The third-order valence-electron chi connectivity index (χ3n) is 4.37. The maximum absolute atomic E-state index is 5.41. The number of morpholine rings is 1. The molecule has 2 aromatic heterocycles. The van der Waals surface area contributed by atoms with Crippen molar-refractivity contribution >= 4 is 11.3 Å². The second kappa shape index (κ2) is 5.61. The van der Waals surface area contributed by atoms with E-state index in [9.17, 15) is 0 Å². The molecule has 21 heavy (non-hydrogen) atoms. The summed E-state index contributed by atoms with van der Waals surface area (Å²) >= 11 is 0. The Balaban J connectivity index is 1.61. The van der Waals surface area contributed by atoms with Gasteiger partial charge in [0.1, 0.15) is 0 Å². The van der Waals surface area contributed by atoms with Crippen LogP contribution in [-0.2, 0) is 4.74 Å². The first-order chi connectivity index (χ1) is 10.4. The fraction of sp³-hybridized carbons (Fsp3) is 0.600. The van der Waals surface area contributed by atoms with Gasteiger partial charge in [0.15, 0.2) is 11.5 Å². The second-order valence-corrected chi connectivity index (χ2v) is 5.80. The minimum absolute atomic E-state index is 0.450. The summed E-state index contributed by atoms with van der Waals surface area (Å²) < 4.78 is 7.33. The van der Waals surface area contributed by atoms with Crippen LogP contribution in [0.4, 0.5) is 5.69 Å². The van der Waals surface area contributed by atoms with Gasteiger partial charge in [-0.1, -0.05) is 0 Å². The van der Waals surface area contributed by atoms with Crippen molar-refractivity contribution in [3.63, 3.8) is 0 Å². The molecule has 4 heterocycles. The second-order valence-electron chi connectivity index (χ2n) is 5.80. The molecule has 4 rings (SSSR count). The third-order valence-corrected chi connectivity index (χ3v) is 4.37. The molecule has 0 unspecified atom stereocenters. The first kappa shape index (κ1) is 13.0. The van der Waals surface area contributed by atoms with E-state index in [1.807, 2.05) is 4.52 Å². The summed E-state index contributed by atoms with van der Waals surface area (Å²) in [6.45, 7) is 5.60. The predicted molar refractivity (Wildman–Crippen MR) is 80.9 cm³/mol. The summed E-state index contributed by atoms with van der Waals surface area (Å²) in [5.74, 6) is 1.42. The van der Waals surface area contributed by atoms with Crippen LogP contribution in [-0.4, -0.2) is 54.0 Å². The molecule has 0 radical (unpaired) electrons. The molecule has 1 atom stereocenters. The van der Waals surface area contributed by atoms with E-state index in [0.29, 0.717) is 5.92 Å². The van der Waals surface area contributed by atoms with Crippen LogP contribution in [0.5, 0.6) is 0 Å². The van der Waals surface area contributed by atoms with E-state index in [4.69, 9.17) is 14.8 Å². The number of aromatic nitrogens is 3. The van der Waals surface area contributed by atoms with Crippen molar-refractivity contribution in [2.75, 3.05) is 44.3 Å². The minimum atomic E-state index is 0.450. The number of ether oxygens (including phenoxy) is 1. The Labute approximate surface area is 124 Å². The lowest BCUT2D eigenvalue weighted by atomic mass is 9.99. The normalized spacial score (nSPS) is 23.6. The number of anilines is 1. The van der Waals surface area contributed by atoms with Crippen molar-refractivity contribution in [3.8, 4) is 0 Å². The van der Waals surface area contributed by atoms with E-state index in [2.05, 4.69) is 28.5 Å². The van der Waals surface area contributed by atoms with Gasteiger partial charge < -0.3 is 15.0 Å². The Bertz CT molecular complexity index is 598. The van der Waals surface area contributed by atoms with E-state index < -0.39 is 0 Å². The Morgan fingerprint density at radius 2 is 2.14 bits per heavy atom. The van der Waals surface area contributed by atoms with Crippen molar-refractivity contribution in [2.24, 2.45) is 0 Å².